The van der Waals surface area contributed by atoms with Gasteiger partial charge in [0.2, 0.25) is 0 Å². The Kier molecular flexibility index (Phi) is 4.62. The molecule has 2 radical (unpaired) electrons. The molecular weight excluding hydrogens is 255 g/mol. The van der Waals surface area contributed by atoms with Crippen LogP contribution in [0.5, 0.6) is 0 Å². The molecule has 1 rings (SSSR count). The summed E-state index contributed by atoms with van der Waals surface area (Å²) < 4.78 is 5.61. The Hall–Kier alpha value is -1.03. The minimum atomic E-state index is -0.368. The van der Waals surface area contributed by atoms with Gasteiger partial charge in [-0.1, -0.05) is 33.5 Å². The number of halogens is 1. The Labute approximate surface area is 98.9 Å². The van der Waals surface area contributed by atoms with Gasteiger partial charge in [-0.2, -0.15) is 0 Å². The molecule has 1 aromatic rings. The second kappa shape index (κ2) is 5.76. The summed E-state index contributed by atoms with van der Waals surface area (Å²) in [6, 6.07) is 5.47. The summed E-state index contributed by atoms with van der Waals surface area (Å²) >= 11 is 3.35. The molecule has 2 nitrogen and oxygen atoms in total. The van der Waals surface area contributed by atoms with E-state index in [0.717, 1.165) is 10.0 Å². The molecule has 0 aliphatic heterocycles. The molecule has 1 aromatic carbocycles. The van der Waals surface area contributed by atoms with E-state index in [1.807, 2.05) is 12.1 Å². The number of rotatable bonds is 3. The van der Waals surface area contributed by atoms with Gasteiger partial charge < -0.3 is 4.74 Å². The zero-order valence-electron chi connectivity index (χ0n) is 8.37. The fourth-order valence-corrected chi connectivity index (χ4v) is 1.58. The number of carbonyl (C=O) groups excluding carboxylic acids is 1. The van der Waals surface area contributed by atoms with Crippen LogP contribution in [0.15, 0.2) is 28.7 Å². The van der Waals surface area contributed by atoms with Crippen LogP contribution in [0.1, 0.15) is 12.5 Å². The Balaban J connectivity index is 2.84. The number of ether oxygens (including phenoxy) is 1. The molecule has 0 saturated carbocycles. The molecule has 0 aromatic heterocycles. The number of benzene rings is 1. The van der Waals surface area contributed by atoms with E-state index in [9.17, 15) is 4.79 Å². The second-order valence-electron chi connectivity index (χ2n) is 2.83. The minimum Gasteiger partial charge on any atom is -0.463 e. The number of hydrogen-bond acceptors (Lipinski definition) is 2. The van der Waals surface area contributed by atoms with Gasteiger partial charge in [0.05, 0.1) is 6.61 Å². The SMILES string of the molecule is [B]c1cccc(Br)c1/C=C/C(=O)OCC. The molecule has 76 valence electrons. The average Bonchev–Trinajstić information content (AvgIpc) is 2.17. The first-order valence-electron chi connectivity index (χ1n) is 4.54. The average molecular weight is 265 g/mol. The summed E-state index contributed by atoms with van der Waals surface area (Å²) in [5.74, 6) is -0.368. The van der Waals surface area contributed by atoms with Gasteiger partial charge in [-0.3, -0.25) is 0 Å². The predicted octanol–water partition coefficient (Wildman–Crippen LogP) is 1.82. The topological polar surface area (TPSA) is 26.3 Å². The number of esters is 1. The van der Waals surface area contributed by atoms with E-state index in [1.165, 1.54) is 6.08 Å². The van der Waals surface area contributed by atoms with Gasteiger partial charge in [0.1, 0.15) is 7.85 Å². The van der Waals surface area contributed by atoms with Gasteiger partial charge in [0.25, 0.3) is 0 Å². The van der Waals surface area contributed by atoms with Crippen molar-refractivity contribution in [1.82, 2.24) is 0 Å². The maximum absolute atomic E-state index is 11.1. The minimum absolute atomic E-state index is 0.368. The highest BCUT2D eigenvalue weighted by atomic mass is 79.9. The summed E-state index contributed by atoms with van der Waals surface area (Å²) in [7, 11) is 5.75. The molecule has 15 heavy (non-hydrogen) atoms. The normalized spacial score (nSPS) is 10.5. The van der Waals surface area contributed by atoms with E-state index in [0.29, 0.717) is 12.1 Å². The molecule has 0 atom stereocenters. The van der Waals surface area contributed by atoms with E-state index >= 15 is 0 Å². The molecule has 0 heterocycles. The molecule has 0 bridgehead atoms. The van der Waals surface area contributed by atoms with Crippen molar-refractivity contribution >= 4 is 41.3 Å². The third-order valence-electron chi connectivity index (χ3n) is 1.76. The molecular formula is C11H10BBrO2. The fourth-order valence-electron chi connectivity index (χ4n) is 1.07. The van der Waals surface area contributed by atoms with Gasteiger partial charge in [-0.15, -0.1) is 0 Å². The molecule has 0 amide bonds. The van der Waals surface area contributed by atoms with Crippen LogP contribution < -0.4 is 5.46 Å². The van der Waals surface area contributed by atoms with Gasteiger partial charge in [-0.25, -0.2) is 4.79 Å². The first-order valence-corrected chi connectivity index (χ1v) is 5.33. The molecule has 0 aliphatic carbocycles. The standard InChI is InChI=1S/C11H10BBrO2/c1-2-15-11(14)7-6-8-9(12)4-3-5-10(8)13/h3-7H,2H2,1H3/b7-6+. The predicted molar refractivity (Wildman–Crippen MR) is 65.2 cm³/mol. The highest BCUT2D eigenvalue weighted by Crippen LogP contribution is 2.15. The third-order valence-corrected chi connectivity index (χ3v) is 2.45. The number of carbonyl (C=O) groups is 1. The lowest BCUT2D eigenvalue weighted by molar-refractivity contribution is -0.137. The van der Waals surface area contributed by atoms with Crippen molar-refractivity contribution in [3.05, 3.63) is 34.3 Å². The summed E-state index contributed by atoms with van der Waals surface area (Å²) in [4.78, 5) is 11.1. The highest BCUT2D eigenvalue weighted by molar-refractivity contribution is 9.10. The van der Waals surface area contributed by atoms with Gasteiger partial charge in [0.15, 0.2) is 0 Å². The maximum atomic E-state index is 11.1. The molecule has 0 fully saturated rings. The van der Waals surface area contributed by atoms with Crippen molar-refractivity contribution in [2.24, 2.45) is 0 Å². The van der Waals surface area contributed by atoms with E-state index < -0.39 is 0 Å². The summed E-state index contributed by atoms with van der Waals surface area (Å²) in [5.41, 5.74) is 1.40. The second-order valence-corrected chi connectivity index (χ2v) is 3.68. The van der Waals surface area contributed by atoms with Crippen LogP contribution in [0.4, 0.5) is 0 Å². The van der Waals surface area contributed by atoms with E-state index in [1.54, 1.807) is 19.1 Å². The van der Waals surface area contributed by atoms with Crippen molar-refractivity contribution in [3.8, 4) is 0 Å². The van der Waals surface area contributed by atoms with Crippen LogP contribution in [-0.4, -0.2) is 20.4 Å². The number of hydrogen-bond donors (Lipinski definition) is 0. The van der Waals surface area contributed by atoms with Crippen molar-refractivity contribution in [3.63, 3.8) is 0 Å². The monoisotopic (exact) mass is 264 g/mol. The van der Waals surface area contributed by atoms with Gasteiger partial charge >= 0.3 is 5.97 Å². The zero-order chi connectivity index (χ0) is 11.3. The lowest BCUT2D eigenvalue weighted by Gasteiger charge is -2.03. The quantitative estimate of drug-likeness (QED) is 0.473. The molecule has 0 saturated heterocycles. The van der Waals surface area contributed by atoms with Gasteiger partial charge in [0, 0.05) is 10.5 Å². The summed E-state index contributed by atoms with van der Waals surface area (Å²) in [6.07, 6.45) is 3.00. The Bertz CT molecular complexity index is 368. The summed E-state index contributed by atoms with van der Waals surface area (Å²) in [6.45, 7) is 2.13. The van der Waals surface area contributed by atoms with Crippen LogP contribution in [0.2, 0.25) is 0 Å². The van der Waals surface area contributed by atoms with Crippen LogP contribution in [0, 0.1) is 0 Å². The third kappa shape index (κ3) is 3.55. The van der Waals surface area contributed by atoms with Crippen LogP contribution in [-0.2, 0) is 9.53 Å². The first kappa shape index (κ1) is 12.0. The molecule has 4 heteroatoms. The smallest absolute Gasteiger partial charge is 0.330 e. The Morgan fingerprint density at radius 3 is 2.93 bits per heavy atom. The van der Waals surface area contributed by atoms with Gasteiger partial charge in [-0.05, 0) is 24.6 Å². The molecule has 0 aliphatic rings. The highest BCUT2D eigenvalue weighted by Gasteiger charge is 2.00. The maximum Gasteiger partial charge on any atom is 0.330 e. The van der Waals surface area contributed by atoms with E-state index in [2.05, 4.69) is 15.9 Å². The van der Waals surface area contributed by atoms with Crippen molar-refractivity contribution < 1.29 is 9.53 Å². The van der Waals surface area contributed by atoms with Crippen LogP contribution in [0.3, 0.4) is 0 Å². The van der Waals surface area contributed by atoms with E-state index in [-0.39, 0.29) is 5.97 Å². The lowest BCUT2D eigenvalue weighted by Crippen LogP contribution is -2.07. The van der Waals surface area contributed by atoms with E-state index in [4.69, 9.17) is 12.6 Å². The zero-order valence-corrected chi connectivity index (χ0v) is 9.95. The Morgan fingerprint density at radius 1 is 1.60 bits per heavy atom. The summed E-state index contributed by atoms with van der Waals surface area (Å²) in [5, 5.41) is 0. The lowest BCUT2D eigenvalue weighted by atomic mass is 9.90. The fraction of sp³-hybridized carbons (Fsp3) is 0.182. The first-order chi connectivity index (χ1) is 7.15. The molecule has 0 unspecified atom stereocenters. The largest absolute Gasteiger partial charge is 0.463 e. The van der Waals surface area contributed by atoms with Crippen molar-refractivity contribution in [2.75, 3.05) is 6.61 Å². The molecule has 0 spiro atoms. The molecule has 0 N–H and O–H groups in total. The van der Waals surface area contributed by atoms with Crippen LogP contribution >= 0.6 is 15.9 Å². The van der Waals surface area contributed by atoms with Crippen molar-refractivity contribution in [2.45, 2.75) is 6.92 Å². The Morgan fingerprint density at radius 2 is 2.33 bits per heavy atom. The van der Waals surface area contributed by atoms with Crippen molar-refractivity contribution in [1.29, 1.82) is 0 Å². The van der Waals surface area contributed by atoms with Crippen LogP contribution in [0.25, 0.3) is 6.08 Å².